The Kier molecular flexibility index (Phi) is 4.31. The zero-order chi connectivity index (χ0) is 15.6. The Hall–Kier alpha value is -1.90. The molecule has 21 heavy (non-hydrogen) atoms. The topological polar surface area (TPSA) is 97.5 Å². The summed E-state index contributed by atoms with van der Waals surface area (Å²) < 4.78 is 35.3. The molecule has 2 rings (SSSR count). The molecule has 0 fully saturated rings. The summed E-state index contributed by atoms with van der Waals surface area (Å²) in [5.41, 5.74) is -0.184. The molecule has 3 N–H and O–H groups in total. The van der Waals surface area contributed by atoms with Crippen molar-refractivity contribution in [3.05, 3.63) is 53.8 Å². The molecular weight excluding hydrogens is 317 g/mol. The molecule has 110 valence electrons. The lowest BCUT2D eigenvalue weighted by atomic mass is 10.2. The summed E-state index contributed by atoms with van der Waals surface area (Å²) in [6.45, 7) is 0. The summed E-state index contributed by atoms with van der Waals surface area (Å²) in [5, 5.41) is 14.1. The highest BCUT2D eigenvalue weighted by molar-refractivity contribution is 7.99. The number of rotatable bonds is 4. The number of aromatic carboxylic acids is 1. The minimum Gasteiger partial charge on any atom is -0.478 e. The van der Waals surface area contributed by atoms with E-state index in [1.807, 2.05) is 0 Å². The molecule has 2 aromatic carbocycles. The second-order valence-corrected chi connectivity index (χ2v) is 6.74. The highest BCUT2D eigenvalue weighted by Gasteiger charge is 2.16. The molecule has 0 aromatic heterocycles. The van der Waals surface area contributed by atoms with Crippen molar-refractivity contribution in [2.75, 3.05) is 0 Å². The number of carboxylic acids is 1. The van der Waals surface area contributed by atoms with Gasteiger partial charge in [-0.15, -0.1) is 0 Å². The maximum Gasteiger partial charge on any atom is 0.336 e. The Balaban J connectivity index is 2.44. The van der Waals surface area contributed by atoms with Crippen LogP contribution in [0.5, 0.6) is 0 Å². The van der Waals surface area contributed by atoms with Gasteiger partial charge in [0.15, 0.2) is 0 Å². The van der Waals surface area contributed by atoms with Gasteiger partial charge in [0.05, 0.1) is 10.5 Å². The number of primary sulfonamides is 1. The lowest BCUT2D eigenvalue weighted by Crippen LogP contribution is -2.13. The molecule has 2 aromatic rings. The second-order valence-electron chi connectivity index (χ2n) is 4.06. The van der Waals surface area contributed by atoms with Gasteiger partial charge in [-0.2, -0.15) is 0 Å². The number of hydrogen-bond acceptors (Lipinski definition) is 4. The Morgan fingerprint density at radius 2 is 1.76 bits per heavy atom. The van der Waals surface area contributed by atoms with E-state index in [4.69, 9.17) is 10.2 Å². The number of sulfonamides is 1. The highest BCUT2D eigenvalue weighted by atomic mass is 32.2. The SMILES string of the molecule is NS(=O)(=O)c1ccc(Sc2ccc(F)cc2)c(C(=O)O)c1. The Labute approximate surface area is 124 Å². The van der Waals surface area contributed by atoms with Crippen LogP contribution in [0, 0.1) is 5.82 Å². The van der Waals surface area contributed by atoms with Crippen molar-refractivity contribution in [2.45, 2.75) is 14.7 Å². The summed E-state index contributed by atoms with van der Waals surface area (Å²) in [7, 11) is -3.98. The predicted molar refractivity (Wildman–Crippen MR) is 75.3 cm³/mol. The lowest BCUT2D eigenvalue weighted by molar-refractivity contribution is 0.0693. The first-order chi connectivity index (χ1) is 9.77. The van der Waals surface area contributed by atoms with Crippen molar-refractivity contribution < 1.29 is 22.7 Å². The summed E-state index contributed by atoms with van der Waals surface area (Å²) in [4.78, 5) is 11.9. The van der Waals surface area contributed by atoms with Crippen LogP contribution in [0.3, 0.4) is 0 Å². The summed E-state index contributed by atoms with van der Waals surface area (Å²) in [6, 6.07) is 9.09. The van der Waals surface area contributed by atoms with Gasteiger partial charge in [-0.3, -0.25) is 0 Å². The van der Waals surface area contributed by atoms with Crippen LogP contribution in [0.15, 0.2) is 57.2 Å². The van der Waals surface area contributed by atoms with Crippen molar-refractivity contribution in [1.29, 1.82) is 0 Å². The van der Waals surface area contributed by atoms with Crippen LogP contribution in [0.2, 0.25) is 0 Å². The van der Waals surface area contributed by atoms with E-state index in [2.05, 4.69) is 0 Å². The highest BCUT2D eigenvalue weighted by Crippen LogP contribution is 2.31. The Morgan fingerprint density at radius 1 is 1.14 bits per heavy atom. The monoisotopic (exact) mass is 327 g/mol. The summed E-state index contributed by atoms with van der Waals surface area (Å²) >= 11 is 1.09. The molecule has 0 radical (unpaired) electrons. The van der Waals surface area contributed by atoms with Crippen molar-refractivity contribution in [3.8, 4) is 0 Å². The van der Waals surface area contributed by atoms with E-state index in [-0.39, 0.29) is 10.5 Å². The van der Waals surface area contributed by atoms with Gasteiger partial charge in [0.25, 0.3) is 0 Å². The molecular formula is C13H10FNO4S2. The van der Waals surface area contributed by atoms with Gasteiger partial charge in [0, 0.05) is 9.79 Å². The largest absolute Gasteiger partial charge is 0.478 e. The number of carbonyl (C=O) groups is 1. The third-order valence-electron chi connectivity index (χ3n) is 2.55. The first-order valence-electron chi connectivity index (χ1n) is 5.61. The molecule has 8 heteroatoms. The second kappa shape index (κ2) is 5.84. The number of nitrogens with two attached hydrogens (primary N) is 1. The van der Waals surface area contributed by atoms with E-state index in [0.717, 1.165) is 17.8 Å². The van der Waals surface area contributed by atoms with Crippen molar-refractivity contribution in [3.63, 3.8) is 0 Å². The van der Waals surface area contributed by atoms with E-state index in [1.165, 1.54) is 36.4 Å². The predicted octanol–water partition coefficient (Wildman–Crippen LogP) is 2.32. The van der Waals surface area contributed by atoms with Gasteiger partial charge in [-0.05, 0) is 42.5 Å². The van der Waals surface area contributed by atoms with Crippen LogP contribution in [-0.2, 0) is 10.0 Å². The molecule has 0 aliphatic carbocycles. The van der Waals surface area contributed by atoms with E-state index < -0.39 is 21.8 Å². The van der Waals surface area contributed by atoms with Gasteiger partial charge < -0.3 is 5.11 Å². The van der Waals surface area contributed by atoms with Crippen LogP contribution in [0.1, 0.15) is 10.4 Å². The smallest absolute Gasteiger partial charge is 0.336 e. The normalized spacial score (nSPS) is 11.3. The van der Waals surface area contributed by atoms with E-state index in [0.29, 0.717) is 9.79 Å². The van der Waals surface area contributed by atoms with Crippen LogP contribution in [0.25, 0.3) is 0 Å². The van der Waals surface area contributed by atoms with E-state index in [1.54, 1.807) is 0 Å². The maximum atomic E-state index is 12.8. The van der Waals surface area contributed by atoms with Crippen LogP contribution in [0.4, 0.5) is 4.39 Å². The fraction of sp³-hybridized carbons (Fsp3) is 0. The molecule has 0 saturated carbocycles. The molecule has 5 nitrogen and oxygen atoms in total. The molecule has 0 heterocycles. The third-order valence-corrected chi connectivity index (χ3v) is 4.55. The van der Waals surface area contributed by atoms with Crippen LogP contribution < -0.4 is 5.14 Å². The number of carboxylic acid groups (broad SMARTS) is 1. The Bertz CT molecular complexity index is 788. The lowest BCUT2D eigenvalue weighted by Gasteiger charge is -2.07. The van der Waals surface area contributed by atoms with Crippen LogP contribution >= 0.6 is 11.8 Å². The molecule has 0 amide bonds. The molecule has 0 bridgehead atoms. The zero-order valence-corrected chi connectivity index (χ0v) is 12.1. The molecule has 0 aliphatic rings. The average molecular weight is 327 g/mol. The minimum atomic E-state index is -3.98. The summed E-state index contributed by atoms with van der Waals surface area (Å²) in [5.74, 6) is -1.67. The Morgan fingerprint density at radius 3 is 2.29 bits per heavy atom. The third kappa shape index (κ3) is 3.81. The molecule has 0 saturated heterocycles. The number of halogens is 1. The van der Waals surface area contributed by atoms with Gasteiger partial charge in [0.1, 0.15) is 5.82 Å². The first-order valence-corrected chi connectivity index (χ1v) is 7.97. The molecule has 0 atom stereocenters. The first kappa shape index (κ1) is 15.5. The van der Waals surface area contributed by atoms with Crippen molar-refractivity contribution >= 4 is 27.8 Å². The van der Waals surface area contributed by atoms with E-state index >= 15 is 0 Å². The van der Waals surface area contributed by atoms with Crippen molar-refractivity contribution in [1.82, 2.24) is 0 Å². The van der Waals surface area contributed by atoms with E-state index in [9.17, 15) is 17.6 Å². The number of benzene rings is 2. The minimum absolute atomic E-state index is 0.184. The van der Waals surface area contributed by atoms with Gasteiger partial charge in [-0.25, -0.2) is 22.7 Å². The molecule has 0 unspecified atom stereocenters. The van der Waals surface area contributed by atoms with Gasteiger partial charge in [-0.1, -0.05) is 11.8 Å². The fourth-order valence-corrected chi connectivity index (χ4v) is 3.03. The van der Waals surface area contributed by atoms with Crippen molar-refractivity contribution in [2.24, 2.45) is 5.14 Å². The average Bonchev–Trinajstić information content (AvgIpc) is 2.40. The summed E-state index contributed by atoms with van der Waals surface area (Å²) in [6.07, 6.45) is 0. The number of hydrogen-bond donors (Lipinski definition) is 2. The molecule has 0 aliphatic heterocycles. The zero-order valence-electron chi connectivity index (χ0n) is 10.5. The standard InChI is InChI=1S/C13H10FNO4S2/c14-8-1-3-9(4-2-8)20-12-6-5-10(21(15,18)19)7-11(12)13(16)17/h1-7H,(H,16,17)(H2,15,18,19). The quantitative estimate of drug-likeness (QED) is 0.898. The van der Waals surface area contributed by atoms with Gasteiger partial charge in [0.2, 0.25) is 10.0 Å². The maximum absolute atomic E-state index is 12.8. The van der Waals surface area contributed by atoms with Gasteiger partial charge >= 0.3 is 5.97 Å². The fourth-order valence-electron chi connectivity index (χ4n) is 1.57. The van der Waals surface area contributed by atoms with Crippen LogP contribution in [-0.4, -0.2) is 19.5 Å². The molecule has 0 spiro atoms.